The summed E-state index contributed by atoms with van der Waals surface area (Å²) in [7, 11) is 0. The number of anilines is 2. The molecule has 6 atom stereocenters. The molecule has 10 nitrogen and oxygen atoms in total. The van der Waals surface area contributed by atoms with Crippen LogP contribution in [0, 0.1) is 23.7 Å². The molecule has 10 rings (SSSR count). The van der Waals surface area contributed by atoms with E-state index in [1.807, 2.05) is 60.7 Å². The molecule has 1 N–H and O–H groups in total. The zero-order chi connectivity index (χ0) is 37.6. The van der Waals surface area contributed by atoms with Crippen LogP contribution in [0.4, 0.5) is 11.4 Å². The zero-order valence-electron chi connectivity index (χ0n) is 29.2. The summed E-state index contributed by atoms with van der Waals surface area (Å²) in [6.07, 6.45) is 2.39. The van der Waals surface area contributed by atoms with Crippen molar-refractivity contribution in [2.45, 2.75) is 30.8 Å². The molecule has 0 radical (unpaired) electrons. The van der Waals surface area contributed by atoms with Crippen LogP contribution < -0.4 is 9.80 Å². The molecule has 0 bridgehead atoms. The van der Waals surface area contributed by atoms with Crippen molar-refractivity contribution in [1.82, 2.24) is 4.98 Å². The van der Waals surface area contributed by atoms with Gasteiger partial charge in [0.15, 0.2) is 5.58 Å². The molecule has 2 aromatic heterocycles. The number of hydrogen-bond donors (Lipinski definition) is 1. The Hall–Kier alpha value is -6.10. The van der Waals surface area contributed by atoms with Crippen LogP contribution in [0.25, 0.3) is 22.6 Å². The van der Waals surface area contributed by atoms with Crippen LogP contribution in [-0.2, 0) is 31.2 Å². The number of fused-ring (bicyclic) bond motifs is 5. The first kappa shape index (κ1) is 33.5. The highest BCUT2D eigenvalue weighted by molar-refractivity contribution is 6.32. The van der Waals surface area contributed by atoms with Gasteiger partial charge in [0.05, 0.1) is 35.0 Å². The molecule has 6 unspecified atom stereocenters. The summed E-state index contributed by atoms with van der Waals surface area (Å²) in [6.45, 7) is -0.365. The van der Waals surface area contributed by atoms with Crippen molar-refractivity contribution in [2.24, 2.45) is 23.7 Å². The van der Waals surface area contributed by atoms with Crippen molar-refractivity contribution in [1.29, 1.82) is 0 Å². The maximum Gasteiger partial charge on any atom is 0.246 e. The molecule has 6 aromatic rings. The molecule has 2 aliphatic carbocycles. The van der Waals surface area contributed by atoms with Crippen molar-refractivity contribution >= 4 is 57.7 Å². The molecule has 4 aromatic carbocycles. The van der Waals surface area contributed by atoms with E-state index in [9.17, 15) is 19.5 Å². The Morgan fingerprint density at radius 2 is 1.55 bits per heavy atom. The van der Waals surface area contributed by atoms with Crippen LogP contribution >= 0.6 is 11.6 Å². The number of oxazole rings is 1. The molecule has 2 aliphatic heterocycles. The van der Waals surface area contributed by atoms with E-state index < -0.39 is 46.8 Å². The van der Waals surface area contributed by atoms with Gasteiger partial charge in [0.1, 0.15) is 29.1 Å². The van der Waals surface area contributed by atoms with E-state index in [4.69, 9.17) is 20.4 Å². The van der Waals surface area contributed by atoms with Crippen LogP contribution in [0.5, 0.6) is 0 Å². The van der Waals surface area contributed by atoms with Crippen molar-refractivity contribution in [2.75, 3.05) is 9.80 Å². The molecule has 272 valence electrons. The Balaban J connectivity index is 1.08. The minimum absolute atomic E-state index is 0.150. The number of carbonyl (C=O) groups excluding carboxylic acids is 4. The number of aliphatic hydroxyl groups is 1. The Morgan fingerprint density at radius 3 is 2.29 bits per heavy atom. The minimum atomic E-state index is -1.47. The van der Waals surface area contributed by atoms with Gasteiger partial charge in [-0.15, -0.1) is 0 Å². The highest BCUT2D eigenvalue weighted by atomic mass is 35.5. The summed E-state index contributed by atoms with van der Waals surface area (Å²) in [5.74, 6) is -4.16. The maximum absolute atomic E-state index is 15.3. The van der Waals surface area contributed by atoms with E-state index in [0.29, 0.717) is 50.5 Å². The summed E-state index contributed by atoms with van der Waals surface area (Å²) in [5.41, 5.74) is 2.77. The van der Waals surface area contributed by atoms with Gasteiger partial charge in [-0.2, -0.15) is 0 Å². The van der Waals surface area contributed by atoms with Crippen LogP contribution in [0.3, 0.4) is 0 Å². The average molecular weight is 750 g/mol. The van der Waals surface area contributed by atoms with E-state index in [2.05, 4.69) is 4.98 Å². The number of para-hydroxylation sites is 2. The van der Waals surface area contributed by atoms with Crippen molar-refractivity contribution in [3.8, 4) is 11.5 Å². The fourth-order valence-corrected chi connectivity index (χ4v) is 9.87. The molecule has 1 saturated carbocycles. The van der Waals surface area contributed by atoms with Crippen molar-refractivity contribution in [3.05, 3.63) is 149 Å². The van der Waals surface area contributed by atoms with Gasteiger partial charge in [0.25, 0.3) is 0 Å². The third-order valence-electron chi connectivity index (χ3n) is 12.0. The Bertz CT molecular complexity index is 2560. The second-order valence-electron chi connectivity index (χ2n) is 14.6. The van der Waals surface area contributed by atoms with Crippen LogP contribution in [0.15, 0.2) is 136 Å². The summed E-state index contributed by atoms with van der Waals surface area (Å²) >= 11 is 6.40. The monoisotopic (exact) mass is 749 g/mol. The lowest BCUT2D eigenvalue weighted by Crippen LogP contribution is -2.53. The van der Waals surface area contributed by atoms with Gasteiger partial charge >= 0.3 is 0 Å². The first-order valence-corrected chi connectivity index (χ1v) is 18.6. The highest BCUT2D eigenvalue weighted by Crippen LogP contribution is 2.64. The number of aromatic nitrogens is 1. The lowest BCUT2D eigenvalue weighted by atomic mass is 9.50. The number of imide groups is 2. The molecule has 0 spiro atoms. The fourth-order valence-electron chi connectivity index (χ4n) is 9.69. The van der Waals surface area contributed by atoms with E-state index in [-0.39, 0.29) is 31.3 Å². The quantitative estimate of drug-likeness (QED) is 0.136. The van der Waals surface area contributed by atoms with E-state index in [0.717, 1.165) is 11.1 Å². The average Bonchev–Trinajstić information content (AvgIpc) is 3.97. The molecule has 3 fully saturated rings. The maximum atomic E-state index is 15.3. The molecule has 2 saturated heterocycles. The normalized spacial score (nSPS) is 26.0. The van der Waals surface area contributed by atoms with Gasteiger partial charge < -0.3 is 13.9 Å². The topological polar surface area (TPSA) is 134 Å². The van der Waals surface area contributed by atoms with E-state index in [1.165, 1.54) is 9.80 Å². The molecule has 55 heavy (non-hydrogen) atoms. The molecule has 11 heteroatoms. The molecule has 4 heterocycles. The number of carbonyl (C=O) groups is 4. The fraction of sp³-hybridized carbons (Fsp3) is 0.205. The number of halogens is 1. The number of hydrogen-bond acceptors (Lipinski definition) is 8. The third kappa shape index (κ3) is 4.81. The first-order valence-electron chi connectivity index (χ1n) is 18.2. The smallest absolute Gasteiger partial charge is 0.246 e. The summed E-state index contributed by atoms with van der Waals surface area (Å²) in [4.78, 5) is 66.2. The number of rotatable bonds is 6. The summed E-state index contributed by atoms with van der Waals surface area (Å²) < 4.78 is 12.2. The summed E-state index contributed by atoms with van der Waals surface area (Å²) in [6, 6.07) is 33.7. The van der Waals surface area contributed by atoms with E-state index >= 15 is 4.79 Å². The Morgan fingerprint density at radius 1 is 0.764 bits per heavy atom. The third-order valence-corrected chi connectivity index (χ3v) is 12.2. The van der Waals surface area contributed by atoms with Crippen LogP contribution in [0.2, 0.25) is 5.02 Å². The molecular weight excluding hydrogens is 718 g/mol. The summed E-state index contributed by atoms with van der Waals surface area (Å²) in [5, 5.41) is 10.4. The zero-order valence-corrected chi connectivity index (χ0v) is 29.9. The molecular formula is C44H32ClN3O7. The second kappa shape index (κ2) is 12.5. The lowest BCUT2D eigenvalue weighted by Gasteiger charge is -2.49. The van der Waals surface area contributed by atoms with Crippen molar-refractivity contribution < 1.29 is 33.1 Å². The van der Waals surface area contributed by atoms with Gasteiger partial charge in [-0.1, -0.05) is 71.8 Å². The van der Waals surface area contributed by atoms with Gasteiger partial charge in [-0.25, -0.2) is 9.88 Å². The first-order chi connectivity index (χ1) is 26.8. The number of furan rings is 1. The molecule has 4 aliphatic rings. The Kier molecular flexibility index (Phi) is 7.59. The highest BCUT2D eigenvalue weighted by Gasteiger charge is 2.71. The van der Waals surface area contributed by atoms with Crippen molar-refractivity contribution in [3.63, 3.8) is 0 Å². The number of aliphatic hydroxyl groups excluding tert-OH is 1. The second-order valence-corrected chi connectivity index (χ2v) is 15.0. The predicted octanol–water partition coefficient (Wildman–Crippen LogP) is 7.60. The molecule has 4 amide bonds. The van der Waals surface area contributed by atoms with Crippen LogP contribution in [-0.4, -0.2) is 33.7 Å². The van der Waals surface area contributed by atoms with Gasteiger partial charge in [0, 0.05) is 10.6 Å². The number of benzene rings is 4. The predicted molar refractivity (Wildman–Crippen MR) is 203 cm³/mol. The van der Waals surface area contributed by atoms with Crippen LogP contribution in [0.1, 0.15) is 35.8 Å². The minimum Gasteiger partial charge on any atom is -0.463 e. The van der Waals surface area contributed by atoms with Gasteiger partial charge in [-0.05, 0) is 91.1 Å². The van der Waals surface area contributed by atoms with Gasteiger partial charge in [-0.3, -0.25) is 24.1 Å². The largest absolute Gasteiger partial charge is 0.463 e. The Labute approximate surface area is 319 Å². The van der Waals surface area contributed by atoms with E-state index in [1.54, 1.807) is 60.7 Å². The van der Waals surface area contributed by atoms with Gasteiger partial charge in [0.2, 0.25) is 29.5 Å². The number of allylic oxidation sites excluding steroid dienone is 2. The standard InChI is InChI=1S/C44H32ClN3O7/c45-26-9-6-10-28(21-26)48-41(51)33-22-32-30(38(36-20-17-29(23-49)54-36)44(33,43(48)53)25-7-2-1-3-8-25)18-19-31-37(32)42(52)47(40(31)50)27-15-13-24(14-16-27)39-46-34-11-4-5-12-35(34)55-39/h1-18,20-21,31-33,37-38,49H,19,22-23H2. The SMILES string of the molecule is O=C1C2CC=C3C(CC4C(=O)N(c5cccc(Cl)c5)C(=O)C4(c4ccccc4)C3c3ccc(CO)o3)C2C(=O)N1c1ccc(-c2nc3ccccc3o2)cc1. The lowest BCUT2D eigenvalue weighted by molar-refractivity contribution is -0.127. The number of nitrogens with zero attached hydrogens (tertiary/aromatic N) is 3. The number of amides is 4.